The highest BCUT2D eigenvalue weighted by atomic mass is 16.6. The molecule has 0 N–H and O–H groups in total. The van der Waals surface area contributed by atoms with E-state index in [1.165, 1.54) is 0 Å². The largest absolute Gasteiger partial charge is 0.335 e. The van der Waals surface area contributed by atoms with Crippen molar-refractivity contribution < 1.29 is 4.74 Å². The lowest BCUT2D eigenvalue weighted by Crippen LogP contribution is -2.65. The lowest BCUT2D eigenvalue weighted by Gasteiger charge is -2.48. The second kappa shape index (κ2) is 4.91. The second-order valence-electron chi connectivity index (χ2n) is 3.69. The summed E-state index contributed by atoms with van der Waals surface area (Å²) < 4.78 is 5.79. The van der Waals surface area contributed by atoms with Gasteiger partial charge in [-0.25, -0.2) is 0 Å². The van der Waals surface area contributed by atoms with E-state index in [4.69, 9.17) is 4.74 Å². The molecule has 0 saturated carbocycles. The van der Waals surface area contributed by atoms with E-state index in [0.717, 1.165) is 0 Å². The van der Waals surface area contributed by atoms with Crippen LogP contribution >= 0.6 is 0 Å². The van der Waals surface area contributed by atoms with Gasteiger partial charge >= 0.3 is 0 Å². The molecule has 0 aliphatic carbocycles. The molecule has 0 atom stereocenters. The Labute approximate surface area is 82.1 Å². The van der Waals surface area contributed by atoms with E-state index in [0.29, 0.717) is 6.61 Å². The van der Waals surface area contributed by atoms with Crippen molar-refractivity contribution in [2.24, 2.45) is 0 Å². The molecule has 0 spiro atoms. The highest BCUT2D eigenvalue weighted by Gasteiger charge is 2.38. The molecular formula is C9H23N3O. The van der Waals surface area contributed by atoms with Crippen molar-refractivity contribution in [2.45, 2.75) is 12.9 Å². The lowest BCUT2D eigenvalue weighted by atomic mass is 10.5. The minimum Gasteiger partial charge on any atom is -0.335 e. The van der Waals surface area contributed by atoms with Crippen molar-refractivity contribution in [1.29, 1.82) is 0 Å². The van der Waals surface area contributed by atoms with Gasteiger partial charge in [-0.3, -0.25) is 14.7 Å². The summed E-state index contributed by atoms with van der Waals surface area (Å²) >= 11 is 0. The van der Waals surface area contributed by atoms with Crippen molar-refractivity contribution in [3.8, 4) is 0 Å². The Bertz CT molecular complexity index is 124. The van der Waals surface area contributed by atoms with E-state index in [1.54, 1.807) is 0 Å². The first-order chi connectivity index (χ1) is 5.89. The molecule has 0 saturated heterocycles. The molecule has 0 unspecified atom stereocenters. The zero-order valence-corrected chi connectivity index (χ0v) is 9.96. The molecule has 4 heteroatoms. The summed E-state index contributed by atoms with van der Waals surface area (Å²) in [6.45, 7) is 2.69. The van der Waals surface area contributed by atoms with Gasteiger partial charge in [0, 0.05) is 6.61 Å². The van der Waals surface area contributed by atoms with Gasteiger partial charge in [-0.2, -0.15) is 0 Å². The van der Waals surface area contributed by atoms with Crippen LogP contribution in [0.2, 0.25) is 0 Å². The third-order valence-corrected chi connectivity index (χ3v) is 2.09. The molecule has 80 valence electrons. The zero-order valence-electron chi connectivity index (χ0n) is 9.96. The first-order valence-electron chi connectivity index (χ1n) is 4.55. The quantitative estimate of drug-likeness (QED) is 0.580. The van der Waals surface area contributed by atoms with E-state index < -0.39 is 5.97 Å². The predicted molar refractivity (Wildman–Crippen MR) is 55.4 cm³/mol. The molecular weight excluding hydrogens is 166 g/mol. The summed E-state index contributed by atoms with van der Waals surface area (Å²) in [7, 11) is 12.1. The Balaban J connectivity index is 4.82. The number of hydrogen-bond donors (Lipinski definition) is 0. The van der Waals surface area contributed by atoms with Gasteiger partial charge in [-0.05, 0) is 49.2 Å². The van der Waals surface area contributed by atoms with Crippen LogP contribution < -0.4 is 0 Å². The highest BCUT2D eigenvalue weighted by Crippen LogP contribution is 2.19. The van der Waals surface area contributed by atoms with Crippen LogP contribution in [0.4, 0.5) is 0 Å². The van der Waals surface area contributed by atoms with Crippen molar-refractivity contribution in [3.05, 3.63) is 0 Å². The maximum atomic E-state index is 5.79. The smallest absolute Gasteiger partial charge is 0.241 e. The van der Waals surface area contributed by atoms with Crippen LogP contribution in [0.25, 0.3) is 0 Å². The predicted octanol–water partition coefficient (Wildman–Crippen LogP) is 0.319. The molecule has 0 rings (SSSR count). The van der Waals surface area contributed by atoms with E-state index in [9.17, 15) is 0 Å². The molecule has 13 heavy (non-hydrogen) atoms. The topological polar surface area (TPSA) is 19.0 Å². The van der Waals surface area contributed by atoms with Crippen LogP contribution in [0, 0.1) is 0 Å². The van der Waals surface area contributed by atoms with Crippen molar-refractivity contribution in [3.63, 3.8) is 0 Å². The third kappa shape index (κ3) is 2.40. The fourth-order valence-electron chi connectivity index (χ4n) is 1.78. The molecule has 4 nitrogen and oxygen atoms in total. The first kappa shape index (κ1) is 12.8. The highest BCUT2D eigenvalue weighted by molar-refractivity contribution is 4.71. The van der Waals surface area contributed by atoms with Crippen LogP contribution in [-0.2, 0) is 4.74 Å². The molecule has 0 fully saturated rings. The molecule has 0 aliphatic heterocycles. The Morgan fingerprint density at radius 3 is 1.23 bits per heavy atom. The lowest BCUT2D eigenvalue weighted by molar-refractivity contribution is -0.293. The Kier molecular flexibility index (Phi) is 4.85. The number of hydrogen-bond acceptors (Lipinski definition) is 4. The van der Waals surface area contributed by atoms with Crippen molar-refractivity contribution in [2.75, 3.05) is 48.9 Å². The molecule has 0 amide bonds. The monoisotopic (exact) mass is 189 g/mol. The maximum absolute atomic E-state index is 5.79. The molecule has 0 radical (unpaired) electrons. The second-order valence-corrected chi connectivity index (χ2v) is 3.69. The van der Waals surface area contributed by atoms with Gasteiger partial charge in [0.05, 0.1) is 0 Å². The summed E-state index contributed by atoms with van der Waals surface area (Å²) in [5.41, 5.74) is 0. The summed E-state index contributed by atoms with van der Waals surface area (Å²) in [4.78, 5) is 6.16. The maximum Gasteiger partial charge on any atom is 0.241 e. The van der Waals surface area contributed by atoms with Crippen LogP contribution in [0.5, 0.6) is 0 Å². The van der Waals surface area contributed by atoms with Gasteiger partial charge in [0.2, 0.25) is 5.97 Å². The van der Waals surface area contributed by atoms with Crippen LogP contribution in [0.1, 0.15) is 6.92 Å². The minimum absolute atomic E-state index is 0.450. The first-order valence-corrected chi connectivity index (χ1v) is 4.55. The standard InChI is InChI=1S/C9H23N3O/c1-8-13-9(10(2)3,11(4)5)12(6)7/h8H2,1-7H3. The van der Waals surface area contributed by atoms with Crippen molar-refractivity contribution in [1.82, 2.24) is 14.7 Å². The van der Waals surface area contributed by atoms with Gasteiger partial charge in [-0.1, -0.05) is 0 Å². The molecule has 0 bridgehead atoms. The molecule has 0 aromatic carbocycles. The molecule has 0 aliphatic rings. The van der Waals surface area contributed by atoms with Crippen LogP contribution in [0.3, 0.4) is 0 Å². The van der Waals surface area contributed by atoms with Gasteiger partial charge in [-0.15, -0.1) is 0 Å². The Morgan fingerprint density at radius 1 is 0.846 bits per heavy atom. The average molecular weight is 189 g/mol. The average Bonchev–Trinajstić information content (AvgIpc) is 1.97. The molecule has 0 aromatic rings. The fraction of sp³-hybridized carbons (Fsp3) is 1.00. The van der Waals surface area contributed by atoms with E-state index in [1.807, 2.05) is 49.2 Å². The fourth-order valence-corrected chi connectivity index (χ4v) is 1.78. The summed E-state index contributed by atoms with van der Waals surface area (Å²) in [6, 6.07) is 0. The Hall–Kier alpha value is -0.160. The number of nitrogens with zero attached hydrogens (tertiary/aromatic N) is 3. The van der Waals surface area contributed by atoms with Gasteiger partial charge in [0.1, 0.15) is 0 Å². The van der Waals surface area contributed by atoms with E-state index >= 15 is 0 Å². The van der Waals surface area contributed by atoms with Crippen molar-refractivity contribution >= 4 is 0 Å². The minimum atomic E-state index is -0.450. The van der Waals surface area contributed by atoms with E-state index in [2.05, 4.69) is 14.7 Å². The van der Waals surface area contributed by atoms with E-state index in [-0.39, 0.29) is 0 Å². The van der Waals surface area contributed by atoms with Gasteiger partial charge < -0.3 is 4.74 Å². The molecule has 0 heterocycles. The summed E-state index contributed by atoms with van der Waals surface area (Å²) in [5.74, 6) is -0.450. The third-order valence-electron chi connectivity index (χ3n) is 2.09. The summed E-state index contributed by atoms with van der Waals surface area (Å²) in [5, 5.41) is 0. The Morgan fingerprint density at radius 2 is 1.15 bits per heavy atom. The van der Waals surface area contributed by atoms with Crippen LogP contribution in [0.15, 0.2) is 0 Å². The van der Waals surface area contributed by atoms with Gasteiger partial charge in [0.25, 0.3) is 0 Å². The molecule has 0 aromatic heterocycles. The normalized spacial score (nSPS) is 13.4. The van der Waals surface area contributed by atoms with Gasteiger partial charge in [0.15, 0.2) is 0 Å². The zero-order chi connectivity index (χ0) is 10.6. The number of ether oxygens (including phenoxy) is 1. The SMILES string of the molecule is CCOC(N(C)C)(N(C)C)N(C)C. The number of rotatable bonds is 5. The summed E-state index contributed by atoms with van der Waals surface area (Å²) in [6.07, 6.45) is 0. The van der Waals surface area contributed by atoms with Crippen LogP contribution in [-0.4, -0.2) is 69.6 Å².